The van der Waals surface area contributed by atoms with Gasteiger partial charge in [0.05, 0.1) is 11.6 Å². The van der Waals surface area contributed by atoms with Crippen LogP contribution in [0.3, 0.4) is 0 Å². The molecule has 3 nitrogen and oxygen atoms in total. The van der Waals surface area contributed by atoms with E-state index >= 15 is 0 Å². The van der Waals surface area contributed by atoms with Crippen LogP contribution in [0.4, 0.5) is 0 Å². The van der Waals surface area contributed by atoms with Crippen LogP contribution in [0.5, 0.6) is 0 Å². The summed E-state index contributed by atoms with van der Waals surface area (Å²) in [6, 6.07) is 0.270. The predicted molar refractivity (Wildman–Crippen MR) is 72.6 cm³/mol. The minimum atomic E-state index is -0.144. The van der Waals surface area contributed by atoms with Crippen LogP contribution in [0.2, 0.25) is 0 Å². The van der Waals surface area contributed by atoms with Crippen LogP contribution in [0.1, 0.15) is 59.3 Å². The third kappa shape index (κ3) is 3.43. The van der Waals surface area contributed by atoms with Crippen LogP contribution in [0, 0.1) is 11.8 Å². The van der Waals surface area contributed by atoms with Crippen molar-refractivity contribution in [1.29, 1.82) is 0 Å². The minimum absolute atomic E-state index is 0.144. The van der Waals surface area contributed by atoms with Crippen LogP contribution in [0.25, 0.3) is 0 Å². The average Bonchev–Trinajstić information content (AvgIpc) is 2.39. The van der Waals surface area contributed by atoms with Gasteiger partial charge in [-0.15, -0.1) is 0 Å². The van der Waals surface area contributed by atoms with Crippen molar-refractivity contribution < 1.29 is 4.74 Å². The van der Waals surface area contributed by atoms with E-state index in [1.54, 1.807) is 7.11 Å². The number of hydrogen-bond acceptors (Lipinski definition) is 3. The normalized spacial score (nSPS) is 30.9. The molecule has 0 spiro atoms. The van der Waals surface area contributed by atoms with Crippen molar-refractivity contribution in [3.05, 3.63) is 0 Å². The van der Waals surface area contributed by atoms with E-state index in [2.05, 4.69) is 26.2 Å². The van der Waals surface area contributed by atoms with Gasteiger partial charge in [0, 0.05) is 7.11 Å². The van der Waals surface area contributed by atoms with Crippen LogP contribution in [-0.4, -0.2) is 18.8 Å². The lowest BCUT2D eigenvalue weighted by Gasteiger charge is -2.43. The van der Waals surface area contributed by atoms with Crippen molar-refractivity contribution in [2.45, 2.75) is 70.9 Å². The highest BCUT2D eigenvalue weighted by atomic mass is 16.5. The first kappa shape index (κ1) is 14.9. The molecule has 4 unspecified atom stereocenters. The van der Waals surface area contributed by atoms with Gasteiger partial charge in [0.15, 0.2) is 0 Å². The number of hydrazine groups is 1. The van der Waals surface area contributed by atoms with Crippen molar-refractivity contribution in [3.63, 3.8) is 0 Å². The molecule has 0 aromatic heterocycles. The first-order valence-electron chi connectivity index (χ1n) is 7.12. The smallest absolute Gasteiger partial charge is 0.0816 e. The first-order chi connectivity index (χ1) is 8.11. The second-order valence-corrected chi connectivity index (χ2v) is 5.72. The highest BCUT2D eigenvalue weighted by Gasteiger charge is 2.39. The third-order valence-electron chi connectivity index (χ3n) is 4.88. The summed E-state index contributed by atoms with van der Waals surface area (Å²) in [6.45, 7) is 6.65. The standard InChI is InChI=1S/C14H30N2O/c1-5-11-8-7-9-12(10-11)13(16-15)14(3,6-2)17-4/h11-13,16H,5-10,15H2,1-4H3. The van der Waals surface area contributed by atoms with E-state index in [1.807, 2.05) is 0 Å². The maximum atomic E-state index is 5.80. The summed E-state index contributed by atoms with van der Waals surface area (Å²) >= 11 is 0. The Bertz CT molecular complexity index is 216. The number of methoxy groups -OCH3 is 1. The summed E-state index contributed by atoms with van der Waals surface area (Å²) in [5.41, 5.74) is 2.89. The van der Waals surface area contributed by atoms with Gasteiger partial charge in [0.1, 0.15) is 0 Å². The van der Waals surface area contributed by atoms with Gasteiger partial charge < -0.3 is 4.74 Å². The van der Waals surface area contributed by atoms with E-state index in [0.29, 0.717) is 5.92 Å². The Labute approximate surface area is 106 Å². The van der Waals surface area contributed by atoms with Crippen LogP contribution >= 0.6 is 0 Å². The molecule has 3 N–H and O–H groups in total. The van der Waals surface area contributed by atoms with Crippen molar-refractivity contribution in [3.8, 4) is 0 Å². The number of nitrogens with two attached hydrogens (primary N) is 1. The van der Waals surface area contributed by atoms with E-state index < -0.39 is 0 Å². The summed E-state index contributed by atoms with van der Waals surface area (Å²) in [5, 5.41) is 0. The van der Waals surface area contributed by atoms with Gasteiger partial charge in [0.25, 0.3) is 0 Å². The molecule has 3 heteroatoms. The Kier molecular flexibility index (Phi) is 5.90. The highest BCUT2D eigenvalue weighted by molar-refractivity contribution is 4.93. The highest BCUT2D eigenvalue weighted by Crippen LogP contribution is 2.37. The minimum Gasteiger partial charge on any atom is -0.377 e. The zero-order valence-electron chi connectivity index (χ0n) is 12.0. The van der Waals surface area contributed by atoms with E-state index in [1.165, 1.54) is 32.1 Å². The fraction of sp³-hybridized carbons (Fsp3) is 1.00. The Balaban J connectivity index is 2.72. The Morgan fingerprint density at radius 3 is 2.59 bits per heavy atom. The van der Waals surface area contributed by atoms with Crippen LogP contribution < -0.4 is 11.3 Å². The van der Waals surface area contributed by atoms with Gasteiger partial charge in [-0.2, -0.15) is 0 Å². The topological polar surface area (TPSA) is 47.3 Å². The predicted octanol–water partition coefficient (Wildman–Crippen LogP) is 2.85. The summed E-state index contributed by atoms with van der Waals surface area (Å²) in [7, 11) is 1.80. The molecule has 0 saturated heterocycles. The number of rotatable bonds is 6. The van der Waals surface area contributed by atoms with E-state index in [-0.39, 0.29) is 11.6 Å². The number of nitrogens with one attached hydrogen (secondary N) is 1. The van der Waals surface area contributed by atoms with Crippen LogP contribution in [-0.2, 0) is 4.74 Å². The lowest BCUT2D eigenvalue weighted by molar-refractivity contribution is -0.0530. The molecular formula is C14H30N2O. The molecule has 0 bridgehead atoms. The summed E-state index contributed by atoms with van der Waals surface area (Å²) in [6.07, 6.45) is 7.59. The fourth-order valence-electron chi connectivity index (χ4n) is 3.31. The molecule has 1 aliphatic carbocycles. The Morgan fingerprint density at radius 1 is 1.41 bits per heavy atom. The Morgan fingerprint density at radius 2 is 2.12 bits per heavy atom. The van der Waals surface area contributed by atoms with Crippen molar-refractivity contribution in [2.75, 3.05) is 7.11 Å². The van der Waals surface area contributed by atoms with E-state index in [0.717, 1.165) is 12.3 Å². The molecule has 0 heterocycles. The van der Waals surface area contributed by atoms with Gasteiger partial charge in [-0.05, 0) is 38.0 Å². The molecule has 0 radical (unpaired) electrons. The third-order valence-corrected chi connectivity index (χ3v) is 4.88. The van der Waals surface area contributed by atoms with Gasteiger partial charge in [-0.1, -0.05) is 33.1 Å². The lowest BCUT2D eigenvalue weighted by atomic mass is 9.72. The summed E-state index contributed by atoms with van der Waals surface area (Å²) in [4.78, 5) is 0. The molecule has 17 heavy (non-hydrogen) atoms. The molecule has 0 aliphatic heterocycles. The monoisotopic (exact) mass is 242 g/mol. The van der Waals surface area contributed by atoms with Gasteiger partial charge in [0.2, 0.25) is 0 Å². The molecule has 0 aromatic carbocycles. The van der Waals surface area contributed by atoms with Gasteiger partial charge in [-0.25, -0.2) is 0 Å². The molecule has 1 rings (SSSR count). The molecule has 1 fully saturated rings. The molecule has 1 saturated carbocycles. The number of ether oxygens (including phenoxy) is 1. The molecule has 0 amide bonds. The zero-order valence-corrected chi connectivity index (χ0v) is 12.0. The first-order valence-corrected chi connectivity index (χ1v) is 7.12. The number of hydrogen-bond donors (Lipinski definition) is 2. The van der Waals surface area contributed by atoms with Gasteiger partial charge >= 0.3 is 0 Å². The average molecular weight is 242 g/mol. The molecule has 1 aliphatic rings. The van der Waals surface area contributed by atoms with Crippen molar-refractivity contribution >= 4 is 0 Å². The largest absolute Gasteiger partial charge is 0.377 e. The van der Waals surface area contributed by atoms with E-state index in [4.69, 9.17) is 10.6 Å². The maximum Gasteiger partial charge on any atom is 0.0816 e. The van der Waals surface area contributed by atoms with Crippen LogP contribution in [0.15, 0.2) is 0 Å². The fourth-order valence-corrected chi connectivity index (χ4v) is 3.31. The molecule has 4 atom stereocenters. The second-order valence-electron chi connectivity index (χ2n) is 5.72. The second kappa shape index (κ2) is 6.72. The molecule has 102 valence electrons. The quantitative estimate of drug-likeness (QED) is 0.556. The summed E-state index contributed by atoms with van der Waals surface area (Å²) < 4.78 is 5.72. The zero-order chi connectivity index (χ0) is 12.9. The maximum absolute atomic E-state index is 5.80. The van der Waals surface area contributed by atoms with Gasteiger partial charge in [-0.3, -0.25) is 11.3 Å². The van der Waals surface area contributed by atoms with Crippen molar-refractivity contribution in [1.82, 2.24) is 5.43 Å². The SMILES string of the molecule is CCC1CCCC(C(NN)C(C)(CC)OC)C1. The molecule has 0 aromatic rings. The summed E-state index contributed by atoms with van der Waals surface area (Å²) in [5.74, 6) is 7.33. The lowest BCUT2D eigenvalue weighted by Crippen LogP contribution is -2.57. The van der Waals surface area contributed by atoms with E-state index in [9.17, 15) is 0 Å². The van der Waals surface area contributed by atoms with Crippen molar-refractivity contribution in [2.24, 2.45) is 17.7 Å². The Hall–Kier alpha value is -0.120. The molecular weight excluding hydrogens is 212 g/mol.